The van der Waals surface area contributed by atoms with E-state index in [1.807, 2.05) is 0 Å². The molecule has 4 aromatic rings. The minimum atomic E-state index is -0.703. The molecule has 2 aromatic heterocycles. The monoisotopic (exact) mass is 510 g/mol. The highest BCUT2D eigenvalue weighted by Gasteiger charge is 2.17. The number of amides is 2. The topological polar surface area (TPSA) is 125 Å². The van der Waals surface area contributed by atoms with Crippen LogP contribution < -0.4 is 26.6 Å². The first-order valence-electron chi connectivity index (χ1n) is 11.0. The molecule has 0 aliphatic carbocycles. The van der Waals surface area contributed by atoms with Crippen molar-refractivity contribution in [3.8, 4) is 5.75 Å². The van der Waals surface area contributed by atoms with Crippen molar-refractivity contribution >= 4 is 40.0 Å². The van der Waals surface area contributed by atoms with Gasteiger partial charge < -0.3 is 19.8 Å². The van der Waals surface area contributed by atoms with E-state index in [9.17, 15) is 19.2 Å². The zero-order chi connectivity index (χ0) is 25.7. The fourth-order valence-corrected chi connectivity index (χ4v) is 3.90. The van der Waals surface area contributed by atoms with E-state index in [0.29, 0.717) is 27.7 Å². The number of carbonyl (C=O) groups is 2. The number of hydrogen-bond donors (Lipinski definition) is 2. The molecule has 0 atom stereocenters. The lowest BCUT2D eigenvalue weighted by atomic mass is 10.2. The summed E-state index contributed by atoms with van der Waals surface area (Å²) in [6.07, 6.45) is 1.39. The summed E-state index contributed by atoms with van der Waals surface area (Å²) in [5.74, 6) is 0.0961. The lowest BCUT2D eigenvalue weighted by Gasteiger charge is -2.15. The Hall–Kier alpha value is -4.31. The van der Waals surface area contributed by atoms with Crippen molar-refractivity contribution in [3.63, 3.8) is 0 Å². The van der Waals surface area contributed by atoms with Gasteiger partial charge in [0.05, 0.1) is 36.5 Å². The molecule has 186 valence electrons. The third-order valence-corrected chi connectivity index (χ3v) is 5.71. The number of para-hydroxylation sites is 1. The molecule has 36 heavy (non-hydrogen) atoms. The van der Waals surface area contributed by atoms with Crippen LogP contribution in [0.4, 0.5) is 5.69 Å². The van der Waals surface area contributed by atoms with Crippen molar-refractivity contribution in [1.82, 2.24) is 14.5 Å². The molecular weight excluding hydrogens is 488 g/mol. The molecular formula is C25H23ClN4O6. The molecule has 0 fully saturated rings. The van der Waals surface area contributed by atoms with E-state index in [-0.39, 0.29) is 37.3 Å². The van der Waals surface area contributed by atoms with Gasteiger partial charge in [-0.1, -0.05) is 23.7 Å². The number of anilines is 1. The maximum Gasteiger partial charge on any atom is 0.331 e. The van der Waals surface area contributed by atoms with E-state index >= 15 is 0 Å². The second-order valence-corrected chi connectivity index (χ2v) is 8.28. The van der Waals surface area contributed by atoms with Gasteiger partial charge in [-0.3, -0.25) is 23.5 Å². The van der Waals surface area contributed by atoms with Crippen LogP contribution in [0.25, 0.3) is 10.9 Å². The number of carbonyl (C=O) groups excluding carboxylic acids is 2. The Balaban J connectivity index is 1.58. The number of fused-ring (bicyclic) bond motifs is 1. The smallest absolute Gasteiger partial charge is 0.331 e. The summed E-state index contributed by atoms with van der Waals surface area (Å²) in [7, 11) is 1.46. The van der Waals surface area contributed by atoms with Gasteiger partial charge in [0.1, 0.15) is 18.1 Å². The van der Waals surface area contributed by atoms with Crippen LogP contribution in [0.15, 0.2) is 74.9 Å². The van der Waals surface area contributed by atoms with Gasteiger partial charge in [-0.25, -0.2) is 4.79 Å². The van der Waals surface area contributed by atoms with Crippen LogP contribution in [-0.2, 0) is 29.2 Å². The Morgan fingerprint density at radius 3 is 2.58 bits per heavy atom. The number of nitrogens with zero attached hydrogens (tertiary/aromatic N) is 2. The summed E-state index contributed by atoms with van der Waals surface area (Å²) in [5.41, 5.74) is -0.596. The number of furan rings is 1. The first kappa shape index (κ1) is 24.8. The summed E-state index contributed by atoms with van der Waals surface area (Å²) in [5, 5.41) is 6.01. The molecule has 0 radical (unpaired) electrons. The van der Waals surface area contributed by atoms with Gasteiger partial charge in [0.15, 0.2) is 0 Å². The second kappa shape index (κ2) is 11.0. The standard InChI is InChI=1S/C25H23ClN4O6/c1-35-21-9-8-16(26)13-19(21)28-23(32)15-30-20-7-3-2-6-18(20)24(33)29(25(30)34)11-10-22(31)27-14-17-5-4-12-36-17/h2-9,12-13H,10-11,14-15H2,1H3,(H,27,31)(H,28,32). The molecule has 10 nitrogen and oxygen atoms in total. The molecule has 0 saturated carbocycles. The summed E-state index contributed by atoms with van der Waals surface area (Å²) in [6, 6.07) is 14.7. The van der Waals surface area contributed by atoms with Gasteiger partial charge in [-0.2, -0.15) is 0 Å². The van der Waals surface area contributed by atoms with Gasteiger partial charge >= 0.3 is 5.69 Å². The fourth-order valence-electron chi connectivity index (χ4n) is 3.73. The number of halogens is 1. The van der Waals surface area contributed by atoms with Crippen molar-refractivity contribution in [3.05, 3.63) is 92.5 Å². The molecule has 2 N–H and O–H groups in total. The Labute approximate surface area is 210 Å². The first-order chi connectivity index (χ1) is 17.4. The summed E-state index contributed by atoms with van der Waals surface area (Å²) >= 11 is 6.03. The molecule has 2 heterocycles. The van der Waals surface area contributed by atoms with Crippen LogP contribution in [0.5, 0.6) is 5.75 Å². The quantitative estimate of drug-likeness (QED) is 0.357. The third kappa shape index (κ3) is 5.49. The summed E-state index contributed by atoms with van der Waals surface area (Å²) in [6.45, 7) is -0.341. The van der Waals surface area contributed by atoms with E-state index in [2.05, 4.69) is 10.6 Å². The zero-order valence-electron chi connectivity index (χ0n) is 19.3. The molecule has 0 spiro atoms. The number of nitrogens with one attached hydrogen (secondary N) is 2. The Bertz CT molecular complexity index is 1520. The number of benzene rings is 2. The van der Waals surface area contributed by atoms with Crippen molar-refractivity contribution in [2.45, 2.75) is 26.1 Å². The molecule has 4 rings (SSSR count). The molecule has 0 bridgehead atoms. The lowest BCUT2D eigenvalue weighted by Crippen LogP contribution is -2.42. The first-order valence-corrected chi connectivity index (χ1v) is 11.4. The third-order valence-electron chi connectivity index (χ3n) is 5.47. The largest absolute Gasteiger partial charge is 0.495 e. The molecule has 0 unspecified atom stereocenters. The number of methoxy groups -OCH3 is 1. The predicted octanol–water partition coefficient (Wildman–Crippen LogP) is 2.76. The van der Waals surface area contributed by atoms with E-state index in [0.717, 1.165) is 4.57 Å². The average Bonchev–Trinajstić information content (AvgIpc) is 3.39. The van der Waals surface area contributed by atoms with Crippen molar-refractivity contribution in [2.75, 3.05) is 12.4 Å². The molecule has 0 aliphatic heterocycles. The maximum absolute atomic E-state index is 13.3. The SMILES string of the molecule is COc1ccc(Cl)cc1NC(=O)Cn1c(=O)n(CCC(=O)NCc2ccco2)c(=O)c2ccccc21. The van der Waals surface area contributed by atoms with Gasteiger partial charge in [0, 0.05) is 18.0 Å². The van der Waals surface area contributed by atoms with Gasteiger partial charge in [-0.15, -0.1) is 0 Å². The van der Waals surface area contributed by atoms with Crippen LogP contribution in [0.2, 0.25) is 5.02 Å². The van der Waals surface area contributed by atoms with Crippen molar-refractivity contribution in [1.29, 1.82) is 0 Å². The normalized spacial score (nSPS) is 10.8. The minimum absolute atomic E-state index is 0.111. The Morgan fingerprint density at radius 2 is 1.83 bits per heavy atom. The minimum Gasteiger partial charge on any atom is -0.495 e. The van der Waals surface area contributed by atoms with E-state index in [4.69, 9.17) is 20.8 Å². The molecule has 2 amide bonds. The number of ether oxygens (including phenoxy) is 1. The van der Waals surface area contributed by atoms with Gasteiger partial charge in [0.2, 0.25) is 11.8 Å². The highest BCUT2D eigenvalue weighted by molar-refractivity contribution is 6.31. The van der Waals surface area contributed by atoms with Crippen molar-refractivity contribution < 1.29 is 18.7 Å². The number of aromatic nitrogens is 2. The maximum atomic E-state index is 13.3. The van der Waals surface area contributed by atoms with E-state index < -0.39 is 17.2 Å². The van der Waals surface area contributed by atoms with Crippen LogP contribution in [0.1, 0.15) is 12.2 Å². The van der Waals surface area contributed by atoms with Crippen LogP contribution in [-0.4, -0.2) is 28.1 Å². The van der Waals surface area contributed by atoms with Crippen LogP contribution >= 0.6 is 11.6 Å². The Morgan fingerprint density at radius 1 is 1.03 bits per heavy atom. The van der Waals surface area contributed by atoms with Crippen molar-refractivity contribution in [2.24, 2.45) is 0 Å². The highest BCUT2D eigenvalue weighted by atomic mass is 35.5. The average molecular weight is 511 g/mol. The van der Waals surface area contributed by atoms with Crippen LogP contribution in [0, 0.1) is 0 Å². The van der Waals surface area contributed by atoms with E-state index in [1.165, 1.54) is 24.0 Å². The number of rotatable bonds is 9. The molecule has 0 aliphatic rings. The predicted molar refractivity (Wildman–Crippen MR) is 134 cm³/mol. The number of hydrogen-bond acceptors (Lipinski definition) is 6. The van der Waals surface area contributed by atoms with E-state index in [1.54, 1.807) is 48.5 Å². The highest BCUT2D eigenvalue weighted by Crippen LogP contribution is 2.27. The fraction of sp³-hybridized carbons (Fsp3) is 0.200. The Kier molecular flexibility index (Phi) is 7.55. The summed E-state index contributed by atoms with van der Waals surface area (Å²) in [4.78, 5) is 51.5. The lowest BCUT2D eigenvalue weighted by molar-refractivity contribution is -0.121. The van der Waals surface area contributed by atoms with Crippen LogP contribution in [0.3, 0.4) is 0 Å². The molecule has 11 heteroatoms. The molecule has 2 aromatic carbocycles. The van der Waals surface area contributed by atoms with Gasteiger partial charge in [0.25, 0.3) is 5.56 Å². The summed E-state index contributed by atoms with van der Waals surface area (Å²) < 4.78 is 12.6. The second-order valence-electron chi connectivity index (χ2n) is 7.84. The molecule has 0 saturated heterocycles. The zero-order valence-corrected chi connectivity index (χ0v) is 20.1. The van der Waals surface area contributed by atoms with Gasteiger partial charge in [-0.05, 0) is 42.5 Å².